The molecule has 154 valence electrons. The van der Waals surface area contributed by atoms with Gasteiger partial charge in [0, 0.05) is 10.6 Å². The molecule has 0 aliphatic carbocycles. The molecule has 1 atom stereocenters. The van der Waals surface area contributed by atoms with E-state index < -0.39 is 11.2 Å². The Kier molecular flexibility index (Phi) is 7.15. The number of hydrogen-bond donors (Lipinski definition) is 3. The van der Waals surface area contributed by atoms with Gasteiger partial charge in [-0.15, -0.1) is 23.1 Å². The van der Waals surface area contributed by atoms with Gasteiger partial charge in [0.2, 0.25) is 5.91 Å². The van der Waals surface area contributed by atoms with Crippen LogP contribution in [0.2, 0.25) is 5.02 Å². The molecule has 3 rings (SSSR count). The number of thiophene rings is 1. The van der Waals surface area contributed by atoms with Crippen molar-refractivity contribution in [3.8, 4) is 0 Å². The first-order chi connectivity index (χ1) is 14.3. The van der Waals surface area contributed by atoms with E-state index in [-0.39, 0.29) is 28.1 Å². The lowest BCUT2D eigenvalue weighted by Crippen LogP contribution is -2.22. The van der Waals surface area contributed by atoms with Crippen molar-refractivity contribution in [3.63, 3.8) is 0 Å². The van der Waals surface area contributed by atoms with E-state index in [2.05, 4.69) is 10.6 Å². The largest absolute Gasteiger partial charge is 0.478 e. The quantitative estimate of drug-likeness (QED) is 0.406. The number of halogens is 1. The van der Waals surface area contributed by atoms with Crippen molar-refractivity contribution in [1.82, 2.24) is 0 Å². The second kappa shape index (κ2) is 9.80. The fraction of sp³-hybridized carbons (Fsp3) is 0.0952. The molecule has 1 heterocycles. The molecule has 0 radical (unpaired) electrons. The summed E-state index contributed by atoms with van der Waals surface area (Å²) < 4.78 is 0. The zero-order chi connectivity index (χ0) is 21.7. The van der Waals surface area contributed by atoms with Gasteiger partial charge in [-0.25, -0.2) is 4.79 Å². The van der Waals surface area contributed by atoms with Crippen LogP contribution in [0.3, 0.4) is 0 Å². The van der Waals surface area contributed by atoms with Crippen LogP contribution < -0.4 is 10.6 Å². The van der Waals surface area contributed by atoms with Crippen molar-refractivity contribution in [2.45, 2.75) is 17.1 Å². The first kappa shape index (κ1) is 21.9. The number of carbonyl (C=O) groups excluding carboxylic acids is 2. The third kappa shape index (κ3) is 5.63. The van der Waals surface area contributed by atoms with Crippen LogP contribution >= 0.6 is 34.7 Å². The molecule has 30 heavy (non-hydrogen) atoms. The minimum atomic E-state index is -1.10. The molecule has 0 aliphatic heterocycles. The zero-order valence-corrected chi connectivity index (χ0v) is 18.1. The van der Waals surface area contributed by atoms with Gasteiger partial charge in [-0.3, -0.25) is 9.59 Å². The average Bonchev–Trinajstić information content (AvgIpc) is 3.26. The van der Waals surface area contributed by atoms with Gasteiger partial charge in [-0.05, 0) is 60.8 Å². The highest BCUT2D eigenvalue weighted by molar-refractivity contribution is 8.00. The lowest BCUT2D eigenvalue weighted by atomic mass is 10.2. The van der Waals surface area contributed by atoms with Crippen molar-refractivity contribution in [1.29, 1.82) is 0 Å². The molecule has 2 amide bonds. The number of hydrogen-bond acceptors (Lipinski definition) is 5. The Morgan fingerprint density at radius 2 is 1.80 bits per heavy atom. The van der Waals surface area contributed by atoms with Crippen LogP contribution in [0.15, 0.2) is 64.9 Å². The van der Waals surface area contributed by atoms with Crippen LogP contribution in [0.25, 0.3) is 0 Å². The van der Waals surface area contributed by atoms with E-state index in [1.807, 2.05) is 23.6 Å². The first-order valence-corrected chi connectivity index (χ1v) is 10.9. The normalized spacial score (nSPS) is 11.5. The number of carbonyl (C=O) groups is 3. The van der Waals surface area contributed by atoms with E-state index in [0.29, 0.717) is 10.6 Å². The van der Waals surface area contributed by atoms with Crippen molar-refractivity contribution < 1.29 is 19.5 Å². The molecule has 0 aliphatic rings. The summed E-state index contributed by atoms with van der Waals surface area (Å²) in [5.41, 5.74) is 0.947. The number of carboxylic acids is 1. The molecular weight excluding hydrogens is 444 g/mol. The highest BCUT2D eigenvalue weighted by Gasteiger charge is 2.17. The second-order valence-corrected chi connectivity index (χ2v) is 8.97. The lowest BCUT2D eigenvalue weighted by molar-refractivity contribution is -0.115. The van der Waals surface area contributed by atoms with Gasteiger partial charge in [0.05, 0.1) is 26.4 Å². The fourth-order valence-electron chi connectivity index (χ4n) is 2.46. The van der Waals surface area contributed by atoms with Crippen molar-refractivity contribution in [2.24, 2.45) is 0 Å². The maximum absolute atomic E-state index is 12.5. The zero-order valence-electron chi connectivity index (χ0n) is 15.7. The Morgan fingerprint density at radius 3 is 2.43 bits per heavy atom. The predicted octanol–water partition coefficient (Wildman–Crippen LogP) is 5.47. The average molecular weight is 461 g/mol. The third-order valence-electron chi connectivity index (χ3n) is 4.01. The molecule has 0 fully saturated rings. The summed E-state index contributed by atoms with van der Waals surface area (Å²) in [5, 5.41) is 16.2. The molecule has 0 spiro atoms. The van der Waals surface area contributed by atoms with Crippen molar-refractivity contribution >= 4 is 63.9 Å². The summed E-state index contributed by atoms with van der Waals surface area (Å²) in [4.78, 5) is 37.2. The lowest BCUT2D eigenvalue weighted by Gasteiger charge is -2.14. The van der Waals surface area contributed by atoms with Crippen molar-refractivity contribution in [2.75, 3.05) is 10.6 Å². The molecule has 9 heteroatoms. The van der Waals surface area contributed by atoms with Crippen LogP contribution in [-0.2, 0) is 4.79 Å². The number of rotatable bonds is 7. The summed E-state index contributed by atoms with van der Waals surface area (Å²) in [6.07, 6.45) is 0. The smallest absolute Gasteiger partial charge is 0.335 e. The monoisotopic (exact) mass is 460 g/mol. The molecule has 3 N–H and O–H groups in total. The van der Waals surface area contributed by atoms with Crippen LogP contribution in [0.5, 0.6) is 0 Å². The topological polar surface area (TPSA) is 95.5 Å². The van der Waals surface area contributed by atoms with E-state index in [9.17, 15) is 14.4 Å². The number of amides is 2. The second-order valence-electron chi connectivity index (χ2n) is 6.20. The Morgan fingerprint density at radius 1 is 1.07 bits per heavy atom. The summed E-state index contributed by atoms with van der Waals surface area (Å²) in [6, 6.07) is 14.9. The first-order valence-electron chi connectivity index (χ1n) is 8.79. The van der Waals surface area contributed by atoms with E-state index in [1.54, 1.807) is 25.1 Å². The summed E-state index contributed by atoms with van der Waals surface area (Å²) in [5.74, 6) is -1.58. The number of anilines is 2. The van der Waals surface area contributed by atoms with Gasteiger partial charge in [0.1, 0.15) is 0 Å². The predicted molar refractivity (Wildman–Crippen MR) is 121 cm³/mol. The number of benzene rings is 2. The number of aromatic carboxylic acids is 1. The van der Waals surface area contributed by atoms with Gasteiger partial charge in [0.15, 0.2) is 0 Å². The third-order valence-corrected chi connectivity index (χ3v) is 6.32. The molecule has 1 unspecified atom stereocenters. The minimum Gasteiger partial charge on any atom is -0.478 e. The highest BCUT2D eigenvalue weighted by Crippen LogP contribution is 2.28. The summed E-state index contributed by atoms with van der Waals surface area (Å²) in [7, 11) is 0. The molecule has 0 saturated heterocycles. The maximum atomic E-state index is 12.5. The van der Waals surface area contributed by atoms with Crippen LogP contribution in [0.1, 0.15) is 27.0 Å². The van der Waals surface area contributed by atoms with E-state index >= 15 is 0 Å². The molecule has 0 bridgehead atoms. The van der Waals surface area contributed by atoms with E-state index in [1.165, 1.54) is 41.3 Å². The van der Waals surface area contributed by atoms with Gasteiger partial charge < -0.3 is 15.7 Å². The SMILES string of the molecule is CC(Sc1ccc(NC(=O)c2cccs2)cc1)C(=O)Nc1cc(C(=O)O)ccc1Cl. The number of nitrogens with one attached hydrogen (secondary N) is 2. The Hall–Kier alpha value is -2.81. The van der Waals surface area contributed by atoms with E-state index in [4.69, 9.17) is 16.7 Å². The number of carboxylic acid groups (broad SMARTS) is 1. The standard InChI is InChI=1S/C21H17ClN2O4S2/c1-12(19(25)24-17-11-13(21(27)28)4-9-16(17)22)30-15-7-5-14(6-8-15)23-20(26)18-3-2-10-29-18/h2-12H,1H3,(H,23,26)(H,24,25)(H,27,28). The summed E-state index contributed by atoms with van der Waals surface area (Å²) >= 11 is 8.75. The fourth-order valence-corrected chi connectivity index (χ4v) is 4.11. The Labute approximate surface area is 186 Å². The van der Waals surface area contributed by atoms with Crippen LogP contribution in [-0.4, -0.2) is 28.1 Å². The highest BCUT2D eigenvalue weighted by atomic mass is 35.5. The van der Waals surface area contributed by atoms with Gasteiger partial charge in [-0.1, -0.05) is 17.7 Å². The van der Waals surface area contributed by atoms with Crippen LogP contribution in [0, 0.1) is 0 Å². The van der Waals surface area contributed by atoms with Crippen LogP contribution in [0.4, 0.5) is 11.4 Å². The molecule has 2 aromatic carbocycles. The molecule has 6 nitrogen and oxygen atoms in total. The van der Waals surface area contributed by atoms with Crippen molar-refractivity contribution in [3.05, 3.63) is 75.4 Å². The Bertz CT molecular complexity index is 1070. The molecule has 0 saturated carbocycles. The molecule has 3 aromatic rings. The maximum Gasteiger partial charge on any atom is 0.335 e. The van der Waals surface area contributed by atoms with E-state index in [0.717, 1.165) is 4.90 Å². The van der Waals surface area contributed by atoms with Gasteiger partial charge in [0.25, 0.3) is 5.91 Å². The number of thioether (sulfide) groups is 1. The Balaban J connectivity index is 1.59. The molecule has 1 aromatic heterocycles. The summed E-state index contributed by atoms with van der Waals surface area (Å²) in [6.45, 7) is 1.74. The van der Waals surface area contributed by atoms with Gasteiger partial charge >= 0.3 is 5.97 Å². The van der Waals surface area contributed by atoms with Gasteiger partial charge in [-0.2, -0.15) is 0 Å². The minimum absolute atomic E-state index is 0.0372. The molecular formula is C21H17ClN2O4S2.